The SMILES string of the molecule is CC(C)C[C@H](NCc1ncco1)C(=O)N[C@H](C#N)C[C@@H]1CCCNC1=O. The molecule has 0 bridgehead atoms. The maximum atomic E-state index is 12.7. The van der Waals surface area contributed by atoms with Crippen LogP contribution in [0.3, 0.4) is 0 Å². The van der Waals surface area contributed by atoms with Gasteiger partial charge in [0.15, 0.2) is 0 Å². The molecule has 3 atom stereocenters. The van der Waals surface area contributed by atoms with Gasteiger partial charge >= 0.3 is 0 Å². The smallest absolute Gasteiger partial charge is 0.238 e. The van der Waals surface area contributed by atoms with Crippen LogP contribution in [-0.4, -0.2) is 35.4 Å². The number of aromatic nitrogens is 1. The van der Waals surface area contributed by atoms with Crippen molar-refractivity contribution >= 4 is 11.8 Å². The summed E-state index contributed by atoms with van der Waals surface area (Å²) in [4.78, 5) is 28.6. The second-order valence-corrected chi connectivity index (χ2v) is 7.05. The summed E-state index contributed by atoms with van der Waals surface area (Å²) in [6.45, 7) is 5.07. The normalized spacial score (nSPS) is 19.5. The van der Waals surface area contributed by atoms with Gasteiger partial charge in [-0.15, -0.1) is 0 Å². The third-order valence-corrected chi connectivity index (χ3v) is 4.40. The van der Waals surface area contributed by atoms with Crippen LogP contribution in [0, 0.1) is 23.2 Å². The molecule has 1 aromatic rings. The van der Waals surface area contributed by atoms with E-state index in [1.54, 1.807) is 6.20 Å². The summed E-state index contributed by atoms with van der Waals surface area (Å²) in [6, 6.07) is 0.962. The van der Waals surface area contributed by atoms with Gasteiger partial charge in [0, 0.05) is 12.5 Å². The molecular weight excluding hydrogens is 334 g/mol. The molecule has 2 rings (SSSR count). The highest BCUT2D eigenvalue weighted by atomic mass is 16.3. The second-order valence-electron chi connectivity index (χ2n) is 7.05. The molecule has 0 spiro atoms. The molecule has 8 heteroatoms. The number of nitrogens with one attached hydrogen (secondary N) is 3. The van der Waals surface area contributed by atoms with Crippen LogP contribution in [0.15, 0.2) is 16.9 Å². The zero-order chi connectivity index (χ0) is 18.9. The van der Waals surface area contributed by atoms with Crippen molar-refractivity contribution < 1.29 is 14.0 Å². The Hall–Kier alpha value is -2.40. The number of oxazole rings is 1. The Morgan fingerprint density at radius 1 is 1.54 bits per heavy atom. The quantitative estimate of drug-likeness (QED) is 0.606. The molecule has 1 aliphatic heterocycles. The average Bonchev–Trinajstić information content (AvgIpc) is 3.12. The predicted octanol–water partition coefficient (Wildman–Crippen LogP) is 1.10. The third-order valence-electron chi connectivity index (χ3n) is 4.40. The number of nitriles is 1. The zero-order valence-electron chi connectivity index (χ0n) is 15.3. The number of amides is 2. The maximum absolute atomic E-state index is 12.7. The molecule has 2 amide bonds. The van der Waals surface area contributed by atoms with Crippen molar-refractivity contribution in [1.82, 2.24) is 20.9 Å². The van der Waals surface area contributed by atoms with E-state index in [1.807, 2.05) is 13.8 Å². The van der Waals surface area contributed by atoms with Gasteiger partial charge in [-0.2, -0.15) is 5.26 Å². The fourth-order valence-corrected chi connectivity index (χ4v) is 3.07. The van der Waals surface area contributed by atoms with Crippen LogP contribution >= 0.6 is 0 Å². The van der Waals surface area contributed by atoms with Gasteiger partial charge in [-0.25, -0.2) is 4.98 Å². The number of hydrogen-bond donors (Lipinski definition) is 3. The first kappa shape index (κ1) is 19.9. The van der Waals surface area contributed by atoms with Gasteiger partial charge < -0.3 is 15.1 Å². The minimum atomic E-state index is -0.686. The van der Waals surface area contributed by atoms with Crippen molar-refractivity contribution in [2.24, 2.45) is 11.8 Å². The van der Waals surface area contributed by atoms with E-state index in [-0.39, 0.29) is 17.7 Å². The van der Waals surface area contributed by atoms with Crippen molar-refractivity contribution in [1.29, 1.82) is 5.26 Å². The Labute approximate surface area is 153 Å². The lowest BCUT2D eigenvalue weighted by Crippen LogP contribution is -2.49. The molecule has 26 heavy (non-hydrogen) atoms. The number of carbonyl (C=O) groups excluding carboxylic acids is 2. The molecule has 1 fully saturated rings. The first-order chi connectivity index (χ1) is 12.5. The highest BCUT2D eigenvalue weighted by molar-refractivity contribution is 5.83. The molecule has 1 saturated heterocycles. The Bertz CT molecular complexity index is 623. The summed E-state index contributed by atoms with van der Waals surface area (Å²) in [5.41, 5.74) is 0. The van der Waals surface area contributed by atoms with Gasteiger partial charge in [0.2, 0.25) is 17.7 Å². The van der Waals surface area contributed by atoms with Crippen LogP contribution in [0.2, 0.25) is 0 Å². The first-order valence-corrected chi connectivity index (χ1v) is 9.09. The molecule has 1 aromatic heterocycles. The standard InChI is InChI=1S/C18H27N5O3/c1-12(2)8-15(22-11-16-20-6-7-26-16)18(25)23-14(10-19)9-13-4-3-5-21-17(13)24/h6-7,12-15,22H,3-5,8-9,11H2,1-2H3,(H,21,24)(H,23,25)/t13-,14-,15-/m0/s1. The van der Waals surface area contributed by atoms with Crippen molar-refractivity contribution in [2.75, 3.05) is 6.54 Å². The van der Waals surface area contributed by atoms with Gasteiger partial charge in [-0.05, 0) is 31.6 Å². The van der Waals surface area contributed by atoms with Crippen molar-refractivity contribution in [3.8, 4) is 6.07 Å². The van der Waals surface area contributed by atoms with E-state index in [0.29, 0.717) is 37.7 Å². The molecule has 0 radical (unpaired) electrons. The molecule has 142 valence electrons. The predicted molar refractivity (Wildman–Crippen MR) is 94.5 cm³/mol. The lowest BCUT2D eigenvalue weighted by atomic mass is 9.91. The third kappa shape index (κ3) is 6.15. The van der Waals surface area contributed by atoms with E-state index in [4.69, 9.17) is 4.42 Å². The van der Waals surface area contributed by atoms with Gasteiger partial charge in [0.05, 0.1) is 24.9 Å². The summed E-state index contributed by atoms with van der Waals surface area (Å²) in [5, 5.41) is 18.1. The fraction of sp³-hybridized carbons (Fsp3) is 0.667. The highest BCUT2D eigenvalue weighted by Crippen LogP contribution is 2.17. The summed E-state index contributed by atoms with van der Waals surface area (Å²) < 4.78 is 5.18. The number of hydrogen-bond acceptors (Lipinski definition) is 6. The van der Waals surface area contributed by atoms with E-state index >= 15 is 0 Å². The molecule has 3 N–H and O–H groups in total. The number of piperidine rings is 1. The Morgan fingerprint density at radius 2 is 2.35 bits per heavy atom. The van der Waals surface area contributed by atoms with E-state index < -0.39 is 12.1 Å². The Kier molecular flexibility index (Phi) is 7.60. The molecule has 8 nitrogen and oxygen atoms in total. The first-order valence-electron chi connectivity index (χ1n) is 9.09. The van der Waals surface area contributed by atoms with Crippen LogP contribution in [0.4, 0.5) is 0 Å². The summed E-state index contributed by atoms with van der Waals surface area (Å²) in [6.07, 6.45) is 5.63. The topological polar surface area (TPSA) is 120 Å². The van der Waals surface area contributed by atoms with E-state index in [0.717, 1.165) is 12.8 Å². The van der Waals surface area contributed by atoms with Gasteiger partial charge in [-0.3, -0.25) is 14.9 Å². The zero-order valence-corrected chi connectivity index (χ0v) is 15.3. The number of carbonyl (C=O) groups is 2. The van der Waals surface area contributed by atoms with Gasteiger partial charge in [0.1, 0.15) is 12.3 Å². The molecule has 2 heterocycles. The van der Waals surface area contributed by atoms with Gasteiger partial charge in [-0.1, -0.05) is 13.8 Å². The van der Waals surface area contributed by atoms with Crippen LogP contribution in [0.5, 0.6) is 0 Å². The molecule has 1 aliphatic rings. The molecule has 0 aromatic carbocycles. The number of rotatable bonds is 9. The molecule has 0 unspecified atom stereocenters. The second kappa shape index (κ2) is 9.92. The van der Waals surface area contributed by atoms with Crippen molar-refractivity contribution in [2.45, 2.75) is 58.2 Å². The van der Waals surface area contributed by atoms with Crippen molar-refractivity contribution in [3.63, 3.8) is 0 Å². The highest BCUT2D eigenvalue weighted by Gasteiger charge is 2.28. The van der Waals surface area contributed by atoms with Crippen LogP contribution in [0.1, 0.15) is 45.4 Å². The van der Waals surface area contributed by atoms with E-state index in [2.05, 4.69) is 27.0 Å². The van der Waals surface area contributed by atoms with Crippen molar-refractivity contribution in [3.05, 3.63) is 18.4 Å². The van der Waals surface area contributed by atoms with Crippen LogP contribution in [0.25, 0.3) is 0 Å². The van der Waals surface area contributed by atoms with Crippen LogP contribution in [-0.2, 0) is 16.1 Å². The monoisotopic (exact) mass is 361 g/mol. The van der Waals surface area contributed by atoms with E-state index in [1.165, 1.54) is 6.26 Å². The Balaban J connectivity index is 1.92. The van der Waals surface area contributed by atoms with E-state index in [9.17, 15) is 14.9 Å². The van der Waals surface area contributed by atoms with Gasteiger partial charge in [0.25, 0.3) is 0 Å². The molecular formula is C18H27N5O3. The van der Waals surface area contributed by atoms with Crippen LogP contribution < -0.4 is 16.0 Å². The Morgan fingerprint density at radius 3 is 2.96 bits per heavy atom. The molecule has 0 saturated carbocycles. The summed E-state index contributed by atoms with van der Waals surface area (Å²) >= 11 is 0. The lowest BCUT2D eigenvalue weighted by molar-refractivity contribution is -0.128. The summed E-state index contributed by atoms with van der Waals surface area (Å²) in [5.74, 6) is 0.298. The maximum Gasteiger partial charge on any atom is 0.238 e. The fourth-order valence-electron chi connectivity index (χ4n) is 3.07. The summed E-state index contributed by atoms with van der Waals surface area (Å²) in [7, 11) is 0. The number of nitrogens with zero attached hydrogens (tertiary/aromatic N) is 2. The largest absolute Gasteiger partial charge is 0.448 e. The average molecular weight is 361 g/mol. The molecule has 0 aliphatic carbocycles. The minimum Gasteiger partial charge on any atom is -0.448 e. The minimum absolute atomic E-state index is 0.0356. The lowest BCUT2D eigenvalue weighted by Gasteiger charge is -2.25.